The quantitative estimate of drug-likeness (QED) is 0.899. The molecule has 15 heavy (non-hydrogen) atoms. The average molecular weight is 274 g/mol. The SMILES string of the molecule is NCC1CCOC1c1ccc(F)c(Br)c1. The Balaban J connectivity index is 2.25. The summed E-state index contributed by atoms with van der Waals surface area (Å²) in [6.45, 7) is 1.35. The van der Waals surface area contributed by atoms with Gasteiger partial charge in [0.2, 0.25) is 0 Å². The van der Waals surface area contributed by atoms with Crippen LogP contribution in [0.4, 0.5) is 4.39 Å². The Labute approximate surface area is 96.7 Å². The minimum atomic E-state index is -0.249. The summed E-state index contributed by atoms with van der Waals surface area (Å²) in [5.41, 5.74) is 6.66. The van der Waals surface area contributed by atoms with Crippen molar-refractivity contribution in [1.29, 1.82) is 0 Å². The van der Waals surface area contributed by atoms with Crippen LogP contribution in [0.2, 0.25) is 0 Å². The second kappa shape index (κ2) is 4.60. The van der Waals surface area contributed by atoms with Gasteiger partial charge in [-0.1, -0.05) is 6.07 Å². The van der Waals surface area contributed by atoms with Crippen LogP contribution in [0.15, 0.2) is 22.7 Å². The van der Waals surface area contributed by atoms with E-state index in [0.717, 1.165) is 18.6 Å². The molecule has 0 bridgehead atoms. The molecule has 2 N–H and O–H groups in total. The van der Waals surface area contributed by atoms with Crippen LogP contribution in [0.5, 0.6) is 0 Å². The number of benzene rings is 1. The molecule has 2 rings (SSSR count). The van der Waals surface area contributed by atoms with E-state index in [1.54, 1.807) is 12.1 Å². The zero-order chi connectivity index (χ0) is 10.8. The number of halogens is 2. The van der Waals surface area contributed by atoms with Gasteiger partial charge in [0.1, 0.15) is 5.82 Å². The van der Waals surface area contributed by atoms with Gasteiger partial charge in [0.25, 0.3) is 0 Å². The highest BCUT2D eigenvalue weighted by molar-refractivity contribution is 9.10. The molecule has 1 fully saturated rings. The number of rotatable bonds is 2. The normalized spacial score (nSPS) is 25.8. The zero-order valence-corrected chi connectivity index (χ0v) is 9.84. The van der Waals surface area contributed by atoms with Gasteiger partial charge in [0.15, 0.2) is 0 Å². The van der Waals surface area contributed by atoms with Gasteiger partial charge in [-0.25, -0.2) is 4.39 Å². The number of hydrogen-bond donors (Lipinski definition) is 1. The summed E-state index contributed by atoms with van der Waals surface area (Å²) < 4.78 is 19.1. The van der Waals surface area contributed by atoms with Crippen LogP contribution in [-0.4, -0.2) is 13.2 Å². The van der Waals surface area contributed by atoms with Gasteiger partial charge < -0.3 is 10.5 Å². The van der Waals surface area contributed by atoms with Crippen molar-refractivity contribution in [2.45, 2.75) is 12.5 Å². The Bertz CT molecular complexity index is 358. The van der Waals surface area contributed by atoms with Gasteiger partial charge >= 0.3 is 0 Å². The van der Waals surface area contributed by atoms with E-state index in [9.17, 15) is 4.39 Å². The third-order valence-electron chi connectivity index (χ3n) is 2.79. The van der Waals surface area contributed by atoms with Crippen molar-refractivity contribution in [1.82, 2.24) is 0 Å². The second-order valence-corrected chi connectivity index (χ2v) is 4.60. The molecule has 1 saturated heterocycles. The monoisotopic (exact) mass is 273 g/mol. The van der Waals surface area contributed by atoms with Crippen LogP contribution < -0.4 is 5.73 Å². The maximum atomic E-state index is 13.1. The highest BCUT2D eigenvalue weighted by Crippen LogP contribution is 2.35. The first-order valence-corrected chi connectivity index (χ1v) is 5.78. The molecule has 2 nitrogen and oxygen atoms in total. The van der Waals surface area contributed by atoms with Crippen LogP contribution in [-0.2, 0) is 4.74 Å². The predicted molar refractivity (Wildman–Crippen MR) is 60.0 cm³/mol. The molecule has 1 aliphatic heterocycles. The first-order valence-electron chi connectivity index (χ1n) is 4.99. The van der Waals surface area contributed by atoms with E-state index < -0.39 is 0 Å². The molecule has 0 aliphatic carbocycles. The summed E-state index contributed by atoms with van der Waals surface area (Å²) in [7, 11) is 0. The average Bonchev–Trinajstić information content (AvgIpc) is 2.70. The van der Waals surface area contributed by atoms with Gasteiger partial charge in [-0.3, -0.25) is 0 Å². The van der Waals surface area contributed by atoms with Crippen molar-refractivity contribution in [2.75, 3.05) is 13.2 Å². The number of nitrogens with two attached hydrogens (primary N) is 1. The fourth-order valence-electron chi connectivity index (χ4n) is 1.93. The largest absolute Gasteiger partial charge is 0.373 e. The lowest BCUT2D eigenvalue weighted by atomic mass is 9.95. The van der Waals surface area contributed by atoms with E-state index in [1.807, 2.05) is 0 Å². The van der Waals surface area contributed by atoms with E-state index in [2.05, 4.69) is 15.9 Å². The lowest BCUT2D eigenvalue weighted by molar-refractivity contribution is 0.0924. The Morgan fingerprint density at radius 1 is 1.53 bits per heavy atom. The maximum Gasteiger partial charge on any atom is 0.137 e. The molecule has 0 saturated carbocycles. The summed E-state index contributed by atoms with van der Waals surface area (Å²) >= 11 is 3.17. The molecule has 1 aliphatic rings. The molecular weight excluding hydrogens is 261 g/mol. The van der Waals surface area contributed by atoms with Crippen molar-refractivity contribution in [3.63, 3.8) is 0 Å². The van der Waals surface area contributed by atoms with Crippen LogP contribution in [0, 0.1) is 11.7 Å². The van der Waals surface area contributed by atoms with Crippen molar-refractivity contribution in [2.24, 2.45) is 11.7 Å². The molecule has 1 aromatic rings. The summed E-state index contributed by atoms with van der Waals surface area (Å²) in [6.07, 6.45) is 1.00. The fraction of sp³-hybridized carbons (Fsp3) is 0.455. The summed E-state index contributed by atoms with van der Waals surface area (Å²) in [4.78, 5) is 0. The molecule has 0 spiro atoms. The number of ether oxygens (including phenoxy) is 1. The topological polar surface area (TPSA) is 35.2 Å². The molecule has 0 aromatic heterocycles. The summed E-state index contributed by atoms with van der Waals surface area (Å²) in [5.74, 6) is 0.100. The fourth-order valence-corrected chi connectivity index (χ4v) is 2.33. The van der Waals surface area contributed by atoms with Gasteiger partial charge in [0, 0.05) is 12.5 Å². The Morgan fingerprint density at radius 3 is 3.00 bits per heavy atom. The highest BCUT2D eigenvalue weighted by atomic mass is 79.9. The number of hydrogen-bond acceptors (Lipinski definition) is 2. The van der Waals surface area contributed by atoms with Crippen LogP contribution >= 0.6 is 15.9 Å². The smallest absolute Gasteiger partial charge is 0.137 e. The Kier molecular flexibility index (Phi) is 3.38. The molecule has 2 unspecified atom stereocenters. The third-order valence-corrected chi connectivity index (χ3v) is 3.40. The minimum absolute atomic E-state index is 0.0203. The first-order chi connectivity index (χ1) is 7.22. The van der Waals surface area contributed by atoms with Crippen molar-refractivity contribution in [3.8, 4) is 0 Å². The van der Waals surface area contributed by atoms with E-state index in [0.29, 0.717) is 16.9 Å². The summed E-state index contributed by atoms with van der Waals surface area (Å²) in [6, 6.07) is 4.99. The van der Waals surface area contributed by atoms with Gasteiger partial charge in [-0.15, -0.1) is 0 Å². The van der Waals surface area contributed by atoms with Crippen molar-refractivity contribution in [3.05, 3.63) is 34.1 Å². The molecule has 1 heterocycles. The summed E-state index contributed by atoms with van der Waals surface area (Å²) in [5, 5.41) is 0. The van der Waals surface area contributed by atoms with Crippen LogP contribution in [0.25, 0.3) is 0 Å². The molecule has 4 heteroatoms. The third kappa shape index (κ3) is 2.22. The Morgan fingerprint density at radius 2 is 2.33 bits per heavy atom. The van der Waals surface area contributed by atoms with Gasteiger partial charge in [0.05, 0.1) is 10.6 Å². The van der Waals surface area contributed by atoms with E-state index in [1.165, 1.54) is 6.07 Å². The molecule has 0 radical (unpaired) electrons. The van der Waals surface area contributed by atoms with Crippen LogP contribution in [0.1, 0.15) is 18.1 Å². The predicted octanol–water partition coefficient (Wildman–Crippen LogP) is 2.62. The Hall–Kier alpha value is -0.450. The molecule has 2 atom stereocenters. The van der Waals surface area contributed by atoms with E-state index >= 15 is 0 Å². The minimum Gasteiger partial charge on any atom is -0.373 e. The highest BCUT2D eigenvalue weighted by Gasteiger charge is 2.28. The molecular formula is C11H13BrFNO. The van der Waals surface area contributed by atoms with Crippen molar-refractivity contribution < 1.29 is 9.13 Å². The van der Waals surface area contributed by atoms with Gasteiger partial charge in [-0.05, 0) is 46.6 Å². The second-order valence-electron chi connectivity index (χ2n) is 3.75. The first kappa shape index (κ1) is 11.0. The lowest BCUT2D eigenvalue weighted by Crippen LogP contribution is -2.17. The van der Waals surface area contributed by atoms with E-state index in [-0.39, 0.29) is 11.9 Å². The van der Waals surface area contributed by atoms with Crippen LogP contribution in [0.3, 0.4) is 0 Å². The maximum absolute atomic E-state index is 13.1. The standard InChI is InChI=1S/C11H13BrFNO/c12-9-5-7(1-2-10(9)13)11-8(6-14)3-4-15-11/h1-2,5,8,11H,3-4,6,14H2. The zero-order valence-electron chi connectivity index (χ0n) is 8.25. The molecule has 82 valence electrons. The van der Waals surface area contributed by atoms with Gasteiger partial charge in [-0.2, -0.15) is 0 Å². The van der Waals surface area contributed by atoms with Crippen molar-refractivity contribution >= 4 is 15.9 Å². The molecule has 0 amide bonds. The van der Waals surface area contributed by atoms with E-state index in [4.69, 9.17) is 10.5 Å². The lowest BCUT2D eigenvalue weighted by Gasteiger charge is -2.17. The molecule has 1 aromatic carbocycles.